The van der Waals surface area contributed by atoms with E-state index in [1.54, 1.807) is 6.92 Å². The lowest BCUT2D eigenvalue weighted by molar-refractivity contribution is -0.135. The van der Waals surface area contributed by atoms with Crippen LogP contribution in [0, 0.1) is 6.92 Å². The molecular formula is C22H24N2O3. The number of esters is 1. The molecule has 0 fully saturated rings. The van der Waals surface area contributed by atoms with E-state index < -0.39 is 12.0 Å². The van der Waals surface area contributed by atoms with Crippen LogP contribution in [-0.4, -0.2) is 30.1 Å². The minimum atomic E-state index is -0.464. The molecule has 0 aromatic heterocycles. The summed E-state index contributed by atoms with van der Waals surface area (Å²) >= 11 is 0. The number of hydrazone groups is 1. The lowest BCUT2D eigenvalue weighted by Gasteiger charge is -2.23. The highest BCUT2D eigenvalue weighted by atomic mass is 16.5. The van der Waals surface area contributed by atoms with Gasteiger partial charge < -0.3 is 4.74 Å². The number of benzene rings is 2. The van der Waals surface area contributed by atoms with Gasteiger partial charge in [-0.25, -0.2) is 4.79 Å². The SMILES string of the molecule is CCOC(=O)/C(Cc1ccc(C)cc1)=N\N[C@@H]1CCc2ccccc2C1=O. The second-order valence-electron chi connectivity index (χ2n) is 6.68. The highest BCUT2D eigenvalue weighted by Gasteiger charge is 2.27. The van der Waals surface area contributed by atoms with Crippen LogP contribution < -0.4 is 5.43 Å². The van der Waals surface area contributed by atoms with Crippen LogP contribution in [0.5, 0.6) is 0 Å². The summed E-state index contributed by atoms with van der Waals surface area (Å²) in [6, 6.07) is 15.1. The summed E-state index contributed by atoms with van der Waals surface area (Å²) in [5.41, 5.74) is 7.10. The molecule has 0 saturated heterocycles. The highest BCUT2D eigenvalue weighted by molar-refractivity contribution is 6.36. The van der Waals surface area contributed by atoms with E-state index in [9.17, 15) is 9.59 Å². The van der Waals surface area contributed by atoms with Gasteiger partial charge in [0.1, 0.15) is 11.8 Å². The summed E-state index contributed by atoms with van der Waals surface area (Å²) < 4.78 is 5.13. The smallest absolute Gasteiger partial charge is 0.354 e. The van der Waals surface area contributed by atoms with E-state index in [-0.39, 0.29) is 18.1 Å². The van der Waals surface area contributed by atoms with Gasteiger partial charge in [0, 0.05) is 12.0 Å². The molecule has 3 rings (SSSR count). The van der Waals surface area contributed by atoms with E-state index in [0.29, 0.717) is 12.8 Å². The van der Waals surface area contributed by atoms with Gasteiger partial charge in [0.05, 0.1) is 6.61 Å². The Bertz CT molecular complexity index is 856. The Morgan fingerprint density at radius 2 is 1.93 bits per heavy atom. The number of ether oxygens (including phenoxy) is 1. The number of fused-ring (bicyclic) bond motifs is 1. The van der Waals surface area contributed by atoms with Crippen molar-refractivity contribution in [3.8, 4) is 0 Å². The first-order valence-corrected chi connectivity index (χ1v) is 9.25. The van der Waals surface area contributed by atoms with Crippen LogP contribution in [0.2, 0.25) is 0 Å². The first kappa shape index (κ1) is 18.8. The van der Waals surface area contributed by atoms with Crippen molar-refractivity contribution in [2.24, 2.45) is 5.10 Å². The lowest BCUT2D eigenvalue weighted by atomic mass is 9.87. The second kappa shape index (κ2) is 8.62. The molecular weight excluding hydrogens is 340 g/mol. The standard InChI is InChI=1S/C22H24N2O3/c1-3-27-22(26)20(14-16-10-8-15(2)9-11-16)24-23-19-13-12-17-6-4-5-7-18(17)21(19)25/h4-11,19,23H,3,12-14H2,1-2H3/b24-20-/t19-/m1/s1. The predicted octanol–water partition coefficient (Wildman–Crippen LogP) is 3.24. The Kier molecular flexibility index (Phi) is 6.01. The molecule has 0 amide bonds. The number of nitrogens with one attached hydrogen (secondary N) is 1. The van der Waals surface area contributed by atoms with Crippen LogP contribution in [0.1, 0.15) is 40.4 Å². The fourth-order valence-corrected chi connectivity index (χ4v) is 3.15. The van der Waals surface area contributed by atoms with Crippen molar-refractivity contribution in [1.29, 1.82) is 0 Å². The van der Waals surface area contributed by atoms with Crippen molar-refractivity contribution in [3.63, 3.8) is 0 Å². The monoisotopic (exact) mass is 364 g/mol. The van der Waals surface area contributed by atoms with Gasteiger partial charge in [0.15, 0.2) is 5.78 Å². The molecule has 5 nitrogen and oxygen atoms in total. The summed E-state index contributed by atoms with van der Waals surface area (Å²) in [5.74, 6) is -0.451. The number of nitrogens with zero attached hydrogens (tertiary/aromatic N) is 1. The van der Waals surface area contributed by atoms with Gasteiger partial charge in [-0.2, -0.15) is 5.10 Å². The van der Waals surface area contributed by atoms with E-state index >= 15 is 0 Å². The molecule has 1 aliphatic carbocycles. The minimum Gasteiger partial charge on any atom is -0.461 e. The quantitative estimate of drug-likeness (QED) is 0.485. The second-order valence-corrected chi connectivity index (χ2v) is 6.68. The third-order valence-electron chi connectivity index (χ3n) is 4.66. The number of carbonyl (C=O) groups excluding carboxylic acids is 2. The Labute approximate surface area is 159 Å². The van der Waals surface area contributed by atoms with Crippen LogP contribution in [-0.2, 0) is 22.4 Å². The predicted molar refractivity (Wildman–Crippen MR) is 105 cm³/mol. The molecule has 0 heterocycles. The van der Waals surface area contributed by atoms with E-state index in [2.05, 4.69) is 10.5 Å². The molecule has 1 atom stereocenters. The number of rotatable bonds is 6. The van der Waals surface area contributed by atoms with Crippen molar-refractivity contribution in [3.05, 3.63) is 70.8 Å². The number of ketones is 1. The van der Waals surface area contributed by atoms with Crippen LogP contribution in [0.3, 0.4) is 0 Å². The fraction of sp³-hybridized carbons (Fsp3) is 0.318. The van der Waals surface area contributed by atoms with Gasteiger partial charge in [-0.05, 0) is 37.8 Å². The topological polar surface area (TPSA) is 67.8 Å². The van der Waals surface area contributed by atoms with E-state index in [0.717, 1.165) is 28.7 Å². The van der Waals surface area contributed by atoms with Crippen molar-refractivity contribution < 1.29 is 14.3 Å². The van der Waals surface area contributed by atoms with Crippen molar-refractivity contribution >= 4 is 17.5 Å². The third kappa shape index (κ3) is 4.61. The average Bonchev–Trinajstić information content (AvgIpc) is 2.68. The van der Waals surface area contributed by atoms with Crippen molar-refractivity contribution in [1.82, 2.24) is 5.43 Å². The summed E-state index contributed by atoms with van der Waals surface area (Å²) in [7, 11) is 0. The number of Topliss-reactive ketones (excluding diaryl/α,β-unsaturated/α-hetero) is 1. The number of aryl methyl sites for hydroxylation is 2. The molecule has 2 aromatic carbocycles. The van der Waals surface area contributed by atoms with Gasteiger partial charge in [-0.15, -0.1) is 0 Å². The van der Waals surface area contributed by atoms with Gasteiger partial charge in [0.25, 0.3) is 0 Å². The summed E-state index contributed by atoms with van der Waals surface area (Å²) in [6.45, 7) is 4.05. The maximum atomic E-state index is 12.7. The Balaban J connectivity index is 1.76. The number of hydrogen-bond acceptors (Lipinski definition) is 5. The van der Waals surface area contributed by atoms with E-state index in [4.69, 9.17) is 4.74 Å². The molecule has 0 radical (unpaired) electrons. The molecule has 140 valence electrons. The molecule has 1 N–H and O–H groups in total. The van der Waals surface area contributed by atoms with E-state index in [1.165, 1.54) is 0 Å². The first-order chi connectivity index (χ1) is 13.1. The largest absolute Gasteiger partial charge is 0.461 e. The van der Waals surface area contributed by atoms with Gasteiger partial charge >= 0.3 is 5.97 Å². The van der Waals surface area contributed by atoms with Crippen molar-refractivity contribution in [2.75, 3.05) is 6.61 Å². The summed E-state index contributed by atoms with van der Waals surface area (Å²) in [4.78, 5) is 25.0. The molecule has 0 bridgehead atoms. The number of carbonyl (C=O) groups is 2. The lowest BCUT2D eigenvalue weighted by Crippen LogP contribution is -2.39. The Morgan fingerprint density at radius 3 is 2.67 bits per heavy atom. The summed E-state index contributed by atoms with van der Waals surface area (Å²) in [6.07, 6.45) is 1.81. The Hall–Kier alpha value is -2.95. The maximum Gasteiger partial charge on any atom is 0.354 e. The van der Waals surface area contributed by atoms with Gasteiger partial charge in [-0.3, -0.25) is 10.2 Å². The molecule has 5 heteroatoms. The molecule has 0 saturated carbocycles. The molecule has 2 aromatic rings. The highest BCUT2D eigenvalue weighted by Crippen LogP contribution is 2.21. The maximum absolute atomic E-state index is 12.7. The molecule has 0 unspecified atom stereocenters. The zero-order chi connectivity index (χ0) is 19.2. The molecule has 27 heavy (non-hydrogen) atoms. The molecule has 0 spiro atoms. The molecule has 1 aliphatic rings. The van der Waals surface area contributed by atoms with E-state index in [1.807, 2.05) is 55.5 Å². The summed E-state index contributed by atoms with van der Waals surface area (Å²) in [5, 5.41) is 4.28. The zero-order valence-electron chi connectivity index (χ0n) is 15.7. The normalized spacial score (nSPS) is 16.6. The van der Waals surface area contributed by atoms with Gasteiger partial charge in [-0.1, -0.05) is 54.1 Å². The Morgan fingerprint density at radius 1 is 1.19 bits per heavy atom. The zero-order valence-corrected chi connectivity index (χ0v) is 15.7. The van der Waals surface area contributed by atoms with Crippen LogP contribution in [0.4, 0.5) is 0 Å². The third-order valence-corrected chi connectivity index (χ3v) is 4.66. The van der Waals surface area contributed by atoms with Crippen LogP contribution >= 0.6 is 0 Å². The van der Waals surface area contributed by atoms with Crippen LogP contribution in [0.15, 0.2) is 53.6 Å². The average molecular weight is 364 g/mol. The fourth-order valence-electron chi connectivity index (χ4n) is 3.15. The molecule has 0 aliphatic heterocycles. The van der Waals surface area contributed by atoms with Gasteiger partial charge in [0.2, 0.25) is 0 Å². The number of hydrogen-bond donors (Lipinski definition) is 1. The first-order valence-electron chi connectivity index (χ1n) is 9.25. The van der Waals surface area contributed by atoms with Crippen LogP contribution in [0.25, 0.3) is 0 Å². The van der Waals surface area contributed by atoms with Crippen molar-refractivity contribution in [2.45, 2.75) is 39.2 Å². The minimum absolute atomic E-state index is 0.0131.